The zero-order chi connectivity index (χ0) is 22.7. The molecule has 0 radical (unpaired) electrons. The molecule has 0 aliphatic carbocycles. The van der Waals surface area contributed by atoms with Crippen LogP contribution in [-0.2, 0) is 5.54 Å². The topological polar surface area (TPSA) is 98.7 Å². The standard InChI is InChI=1S/C22H28N6O4/c1-5-22(2,27-12-10-26(11-13-27)20(29)18-7-6-14-32-18)21-23-24-25-28(21)16-8-9-17(30-3)19(15-16)31-4/h6-9,14-15H,5,10-13H2,1-4H3. The second-order valence-electron chi connectivity index (χ2n) is 7.84. The van der Waals surface area contributed by atoms with Gasteiger partial charge in [0.25, 0.3) is 5.91 Å². The lowest BCUT2D eigenvalue weighted by Crippen LogP contribution is -2.56. The number of carbonyl (C=O) groups is 1. The van der Waals surface area contributed by atoms with E-state index in [-0.39, 0.29) is 5.91 Å². The summed E-state index contributed by atoms with van der Waals surface area (Å²) in [5, 5.41) is 12.6. The SMILES string of the molecule is CCC(C)(c1nnnn1-c1ccc(OC)c(OC)c1)N1CCN(C(=O)c2ccco2)CC1. The Hall–Kier alpha value is -3.40. The maximum Gasteiger partial charge on any atom is 0.289 e. The first-order valence-electron chi connectivity index (χ1n) is 10.6. The van der Waals surface area contributed by atoms with Crippen molar-refractivity contribution in [3.8, 4) is 17.2 Å². The molecule has 10 nitrogen and oxygen atoms in total. The Labute approximate surface area is 186 Å². The molecule has 10 heteroatoms. The van der Waals surface area contributed by atoms with Gasteiger partial charge in [-0.2, -0.15) is 4.68 Å². The molecule has 3 heterocycles. The third kappa shape index (κ3) is 3.81. The molecule has 0 N–H and O–H groups in total. The zero-order valence-electron chi connectivity index (χ0n) is 18.8. The summed E-state index contributed by atoms with van der Waals surface area (Å²) in [5.74, 6) is 2.27. The Bertz CT molecular complexity index is 1060. The minimum Gasteiger partial charge on any atom is -0.493 e. The van der Waals surface area contributed by atoms with Crippen molar-refractivity contribution in [2.45, 2.75) is 25.8 Å². The summed E-state index contributed by atoms with van der Waals surface area (Å²) in [4.78, 5) is 16.8. The first-order chi connectivity index (χ1) is 15.5. The number of benzene rings is 1. The Morgan fingerprint density at radius 3 is 2.50 bits per heavy atom. The van der Waals surface area contributed by atoms with Crippen LogP contribution in [0.5, 0.6) is 11.5 Å². The number of amides is 1. The van der Waals surface area contributed by atoms with E-state index < -0.39 is 5.54 Å². The first-order valence-corrected chi connectivity index (χ1v) is 10.6. The highest BCUT2D eigenvalue weighted by Crippen LogP contribution is 2.34. The van der Waals surface area contributed by atoms with E-state index in [0.717, 1.165) is 17.9 Å². The fourth-order valence-electron chi connectivity index (χ4n) is 4.14. The average Bonchev–Trinajstić information content (AvgIpc) is 3.55. The predicted octanol–water partition coefficient (Wildman–Crippen LogP) is 2.36. The van der Waals surface area contributed by atoms with E-state index in [1.54, 1.807) is 31.0 Å². The third-order valence-electron chi connectivity index (χ3n) is 6.25. The van der Waals surface area contributed by atoms with Gasteiger partial charge in [0.1, 0.15) is 0 Å². The van der Waals surface area contributed by atoms with Crippen LogP contribution >= 0.6 is 0 Å². The molecule has 1 saturated heterocycles. The first kappa shape index (κ1) is 21.8. The molecule has 1 aliphatic heterocycles. The Balaban J connectivity index is 1.57. The highest BCUT2D eigenvalue weighted by molar-refractivity contribution is 5.91. The van der Waals surface area contributed by atoms with Crippen molar-refractivity contribution in [2.24, 2.45) is 0 Å². The van der Waals surface area contributed by atoms with Gasteiger partial charge in [-0.15, -0.1) is 5.10 Å². The quantitative estimate of drug-likeness (QED) is 0.552. The van der Waals surface area contributed by atoms with Gasteiger partial charge >= 0.3 is 0 Å². The lowest BCUT2D eigenvalue weighted by atomic mass is 9.94. The van der Waals surface area contributed by atoms with Crippen molar-refractivity contribution in [1.82, 2.24) is 30.0 Å². The number of furan rings is 1. The Kier molecular flexibility index (Phi) is 6.13. The Morgan fingerprint density at radius 1 is 1.12 bits per heavy atom. The summed E-state index contributed by atoms with van der Waals surface area (Å²) in [7, 11) is 3.20. The van der Waals surface area contributed by atoms with Crippen LogP contribution in [-0.4, -0.2) is 76.3 Å². The molecule has 170 valence electrons. The monoisotopic (exact) mass is 440 g/mol. The van der Waals surface area contributed by atoms with Gasteiger partial charge in [-0.05, 0) is 48.0 Å². The Morgan fingerprint density at radius 2 is 1.88 bits per heavy atom. The number of hydrogen-bond donors (Lipinski definition) is 0. The lowest BCUT2D eigenvalue weighted by molar-refractivity contribution is 0.0251. The van der Waals surface area contributed by atoms with Crippen LogP contribution in [0.1, 0.15) is 36.6 Å². The van der Waals surface area contributed by atoms with Gasteiger partial charge < -0.3 is 18.8 Å². The molecule has 0 saturated carbocycles. The number of rotatable bonds is 7. The smallest absolute Gasteiger partial charge is 0.289 e. The maximum absolute atomic E-state index is 12.6. The molecule has 3 aromatic rings. The fraction of sp³-hybridized carbons (Fsp3) is 0.455. The van der Waals surface area contributed by atoms with Crippen LogP contribution in [0.4, 0.5) is 0 Å². The molecule has 0 bridgehead atoms. The molecule has 32 heavy (non-hydrogen) atoms. The van der Waals surface area contributed by atoms with Gasteiger partial charge in [-0.25, -0.2) is 0 Å². The normalized spacial score (nSPS) is 16.6. The highest BCUT2D eigenvalue weighted by Gasteiger charge is 2.40. The minimum atomic E-state index is -0.420. The van der Waals surface area contributed by atoms with E-state index in [9.17, 15) is 4.79 Å². The lowest BCUT2D eigenvalue weighted by Gasteiger charge is -2.44. The van der Waals surface area contributed by atoms with Crippen LogP contribution in [0.3, 0.4) is 0 Å². The number of aromatic nitrogens is 4. The van der Waals surface area contributed by atoms with Gasteiger partial charge in [0.05, 0.1) is 31.7 Å². The summed E-state index contributed by atoms with van der Waals surface area (Å²) in [6.07, 6.45) is 2.32. The van der Waals surface area contributed by atoms with Crippen LogP contribution in [0.25, 0.3) is 5.69 Å². The summed E-state index contributed by atoms with van der Waals surface area (Å²) in [6, 6.07) is 9.02. The predicted molar refractivity (Wildman–Crippen MR) is 116 cm³/mol. The van der Waals surface area contributed by atoms with Crippen molar-refractivity contribution >= 4 is 5.91 Å². The molecule has 1 aliphatic rings. The van der Waals surface area contributed by atoms with E-state index >= 15 is 0 Å². The third-order valence-corrected chi connectivity index (χ3v) is 6.25. The molecule has 0 spiro atoms. The van der Waals surface area contributed by atoms with Crippen molar-refractivity contribution in [2.75, 3.05) is 40.4 Å². The van der Waals surface area contributed by atoms with Crippen LogP contribution in [0.2, 0.25) is 0 Å². The van der Waals surface area contributed by atoms with Gasteiger partial charge in [-0.1, -0.05) is 6.92 Å². The summed E-state index contributed by atoms with van der Waals surface area (Å²) in [5.41, 5.74) is 0.366. The van der Waals surface area contributed by atoms with Crippen molar-refractivity contribution in [1.29, 1.82) is 0 Å². The number of tetrazole rings is 1. The largest absolute Gasteiger partial charge is 0.493 e. The van der Waals surface area contributed by atoms with Crippen molar-refractivity contribution in [3.63, 3.8) is 0 Å². The number of methoxy groups -OCH3 is 2. The van der Waals surface area contributed by atoms with E-state index in [1.165, 1.54) is 6.26 Å². The molecule has 1 unspecified atom stereocenters. The van der Waals surface area contributed by atoms with Crippen molar-refractivity contribution in [3.05, 3.63) is 48.2 Å². The van der Waals surface area contributed by atoms with Gasteiger partial charge in [0.15, 0.2) is 23.1 Å². The number of piperazine rings is 1. The molecule has 4 rings (SSSR count). The minimum absolute atomic E-state index is 0.0805. The number of hydrogen-bond acceptors (Lipinski definition) is 8. The molecule has 1 amide bonds. The van der Waals surface area contributed by atoms with Crippen LogP contribution in [0, 0.1) is 0 Å². The van der Waals surface area contributed by atoms with Gasteiger partial charge in [0, 0.05) is 32.2 Å². The second kappa shape index (κ2) is 8.99. The number of nitrogens with zero attached hydrogens (tertiary/aromatic N) is 6. The summed E-state index contributed by atoms with van der Waals surface area (Å²) in [6.45, 7) is 6.87. The van der Waals surface area contributed by atoms with E-state index in [4.69, 9.17) is 13.9 Å². The maximum atomic E-state index is 12.6. The molecule has 1 aromatic carbocycles. The highest BCUT2D eigenvalue weighted by atomic mass is 16.5. The number of carbonyl (C=O) groups excluding carboxylic acids is 1. The molecule has 1 fully saturated rings. The summed E-state index contributed by atoms with van der Waals surface area (Å²) < 4.78 is 17.8. The number of ether oxygens (including phenoxy) is 2. The van der Waals surface area contributed by atoms with Gasteiger partial charge in [0.2, 0.25) is 0 Å². The molecule has 1 atom stereocenters. The van der Waals surface area contributed by atoms with Crippen LogP contribution < -0.4 is 9.47 Å². The average molecular weight is 441 g/mol. The van der Waals surface area contributed by atoms with E-state index in [1.807, 2.05) is 23.1 Å². The zero-order valence-corrected chi connectivity index (χ0v) is 18.8. The van der Waals surface area contributed by atoms with Gasteiger partial charge in [-0.3, -0.25) is 9.69 Å². The van der Waals surface area contributed by atoms with E-state index in [0.29, 0.717) is 43.4 Å². The molecule has 2 aromatic heterocycles. The fourth-order valence-corrected chi connectivity index (χ4v) is 4.14. The van der Waals surface area contributed by atoms with Crippen molar-refractivity contribution < 1.29 is 18.7 Å². The second-order valence-corrected chi connectivity index (χ2v) is 7.84. The van der Waals surface area contributed by atoms with Crippen LogP contribution in [0.15, 0.2) is 41.0 Å². The molecular weight excluding hydrogens is 412 g/mol. The van der Waals surface area contributed by atoms with E-state index in [2.05, 4.69) is 34.3 Å². The molecular formula is C22H28N6O4. The summed E-state index contributed by atoms with van der Waals surface area (Å²) >= 11 is 0.